The minimum Gasteiger partial charge on any atom is -0.496 e. The number of hydrogen-bond donors (Lipinski definition) is 1. The number of ether oxygens (including phenoxy) is 1. The highest BCUT2D eigenvalue weighted by molar-refractivity contribution is 5.67. The predicted molar refractivity (Wildman–Crippen MR) is 78.3 cm³/mol. The van der Waals surface area contributed by atoms with Crippen LogP contribution in [0.15, 0.2) is 18.2 Å². The van der Waals surface area contributed by atoms with Crippen LogP contribution in [0.25, 0.3) is 11.4 Å². The Labute approximate surface area is 118 Å². The van der Waals surface area contributed by atoms with Crippen molar-refractivity contribution >= 4 is 5.69 Å². The van der Waals surface area contributed by atoms with Crippen molar-refractivity contribution in [2.24, 2.45) is 5.92 Å². The van der Waals surface area contributed by atoms with Gasteiger partial charge in [0.15, 0.2) is 5.82 Å². The van der Waals surface area contributed by atoms with E-state index in [0.717, 1.165) is 24.9 Å². The Hall–Kier alpha value is -2.11. The van der Waals surface area contributed by atoms with Gasteiger partial charge in [-0.25, -0.2) is 4.68 Å². The Morgan fingerprint density at radius 3 is 2.85 bits per heavy atom. The lowest BCUT2D eigenvalue weighted by Gasteiger charge is -2.10. The maximum Gasteiger partial charge on any atom is 0.185 e. The number of rotatable bonds is 6. The molecule has 1 aromatic heterocycles. The highest BCUT2D eigenvalue weighted by atomic mass is 16.5. The van der Waals surface area contributed by atoms with Crippen molar-refractivity contribution in [2.75, 3.05) is 12.8 Å². The van der Waals surface area contributed by atoms with Gasteiger partial charge in [0.1, 0.15) is 5.75 Å². The Bertz CT molecular complexity index is 564. The fourth-order valence-electron chi connectivity index (χ4n) is 2.09. The van der Waals surface area contributed by atoms with Crippen LogP contribution in [-0.2, 0) is 6.54 Å². The van der Waals surface area contributed by atoms with Crippen LogP contribution < -0.4 is 10.5 Å². The average molecular weight is 275 g/mol. The largest absolute Gasteiger partial charge is 0.496 e. The summed E-state index contributed by atoms with van der Waals surface area (Å²) in [6, 6.07) is 5.49. The third-order valence-corrected chi connectivity index (χ3v) is 3.15. The summed E-state index contributed by atoms with van der Waals surface area (Å²) in [4.78, 5) is 0. The first kappa shape index (κ1) is 14.3. The minimum absolute atomic E-state index is 0.657. The van der Waals surface area contributed by atoms with E-state index in [0.29, 0.717) is 23.2 Å². The highest BCUT2D eigenvalue weighted by Gasteiger charge is 2.14. The normalized spacial score (nSPS) is 11.0. The molecule has 0 saturated heterocycles. The Balaban J connectivity index is 2.23. The molecule has 0 bridgehead atoms. The zero-order chi connectivity index (χ0) is 14.5. The zero-order valence-electron chi connectivity index (χ0n) is 12.2. The van der Waals surface area contributed by atoms with Crippen molar-refractivity contribution in [3.8, 4) is 17.1 Å². The number of tetrazole rings is 1. The SMILES string of the molecule is COc1cc(N)ccc1-c1nnnn1CCCC(C)C. The third-order valence-electron chi connectivity index (χ3n) is 3.15. The van der Waals surface area contributed by atoms with E-state index < -0.39 is 0 Å². The second-order valence-electron chi connectivity index (χ2n) is 5.22. The van der Waals surface area contributed by atoms with Crippen LogP contribution in [0.4, 0.5) is 5.69 Å². The average Bonchev–Trinajstić information content (AvgIpc) is 2.86. The van der Waals surface area contributed by atoms with Gasteiger partial charge in [-0.2, -0.15) is 0 Å². The first-order valence-corrected chi connectivity index (χ1v) is 6.82. The molecule has 0 amide bonds. The van der Waals surface area contributed by atoms with Crippen LogP contribution in [0, 0.1) is 5.92 Å². The van der Waals surface area contributed by atoms with E-state index in [1.165, 1.54) is 0 Å². The van der Waals surface area contributed by atoms with Gasteiger partial charge >= 0.3 is 0 Å². The quantitative estimate of drug-likeness (QED) is 0.819. The summed E-state index contributed by atoms with van der Waals surface area (Å²) in [7, 11) is 1.62. The molecule has 0 aliphatic rings. The molecule has 108 valence electrons. The molecule has 2 aromatic rings. The number of aryl methyl sites for hydroxylation is 1. The molecular weight excluding hydrogens is 254 g/mol. The summed E-state index contributed by atoms with van der Waals surface area (Å²) >= 11 is 0. The van der Waals surface area contributed by atoms with Gasteiger partial charge in [-0.15, -0.1) is 5.10 Å². The van der Waals surface area contributed by atoms with Gasteiger partial charge in [0.05, 0.1) is 12.7 Å². The minimum atomic E-state index is 0.657. The number of anilines is 1. The first-order chi connectivity index (χ1) is 9.61. The summed E-state index contributed by atoms with van der Waals surface area (Å²) in [6.07, 6.45) is 2.20. The lowest BCUT2D eigenvalue weighted by atomic mass is 10.1. The molecule has 0 saturated carbocycles. The standard InChI is InChI=1S/C14H21N5O/c1-10(2)5-4-8-19-14(16-17-18-19)12-7-6-11(15)9-13(12)20-3/h6-7,9-10H,4-5,8,15H2,1-3H3. The number of nitrogens with zero attached hydrogens (tertiary/aromatic N) is 4. The zero-order valence-corrected chi connectivity index (χ0v) is 12.2. The third kappa shape index (κ3) is 3.26. The summed E-state index contributed by atoms with van der Waals surface area (Å²) in [5, 5.41) is 11.9. The molecule has 0 spiro atoms. The van der Waals surface area contributed by atoms with E-state index in [-0.39, 0.29) is 0 Å². The monoisotopic (exact) mass is 275 g/mol. The molecule has 20 heavy (non-hydrogen) atoms. The van der Waals surface area contributed by atoms with Crippen LogP contribution in [0.3, 0.4) is 0 Å². The molecule has 0 radical (unpaired) electrons. The van der Waals surface area contributed by atoms with E-state index in [9.17, 15) is 0 Å². The molecule has 6 nitrogen and oxygen atoms in total. The Morgan fingerprint density at radius 2 is 2.15 bits per heavy atom. The fraction of sp³-hybridized carbons (Fsp3) is 0.500. The number of nitrogens with two attached hydrogens (primary N) is 1. The van der Waals surface area contributed by atoms with Crippen LogP contribution in [0.1, 0.15) is 26.7 Å². The number of hydrogen-bond acceptors (Lipinski definition) is 5. The van der Waals surface area contributed by atoms with Crippen molar-refractivity contribution in [1.29, 1.82) is 0 Å². The van der Waals surface area contributed by atoms with E-state index in [1.54, 1.807) is 13.2 Å². The van der Waals surface area contributed by atoms with Crippen molar-refractivity contribution in [3.63, 3.8) is 0 Å². The van der Waals surface area contributed by atoms with Gasteiger partial charge in [-0.3, -0.25) is 0 Å². The Kier molecular flexibility index (Phi) is 4.55. The molecule has 6 heteroatoms. The first-order valence-electron chi connectivity index (χ1n) is 6.82. The lowest BCUT2D eigenvalue weighted by molar-refractivity contribution is 0.415. The van der Waals surface area contributed by atoms with Gasteiger partial charge in [-0.1, -0.05) is 13.8 Å². The van der Waals surface area contributed by atoms with E-state index in [2.05, 4.69) is 29.4 Å². The van der Waals surface area contributed by atoms with Gasteiger partial charge in [0.25, 0.3) is 0 Å². The van der Waals surface area contributed by atoms with Crippen LogP contribution in [-0.4, -0.2) is 27.3 Å². The number of methoxy groups -OCH3 is 1. The van der Waals surface area contributed by atoms with E-state index >= 15 is 0 Å². The van der Waals surface area contributed by atoms with Gasteiger partial charge in [0, 0.05) is 18.3 Å². The molecule has 1 heterocycles. The van der Waals surface area contributed by atoms with Crippen LogP contribution >= 0.6 is 0 Å². The predicted octanol–water partition coefficient (Wildman–Crippen LogP) is 2.37. The lowest BCUT2D eigenvalue weighted by Crippen LogP contribution is -2.05. The molecular formula is C14H21N5O. The molecule has 0 aliphatic heterocycles. The van der Waals surface area contributed by atoms with Crippen LogP contribution in [0.5, 0.6) is 5.75 Å². The van der Waals surface area contributed by atoms with E-state index in [4.69, 9.17) is 10.5 Å². The molecule has 0 fully saturated rings. The summed E-state index contributed by atoms with van der Waals surface area (Å²) in [5.41, 5.74) is 7.28. The number of nitrogen functional groups attached to an aromatic ring is 1. The number of aromatic nitrogens is 4. The molecule has 2 N–H and O–H groups in total. The van der Waals surface area contributed by atoms with Gasteiger partial charge < -0.3 is 10.5 Å². The summed E-state index contributed by atoms with van der Waals surface area (Å²) in [6.45, 7) is 5.22. The molecule has 0 unspecified atom stereocenters. The number of benzene rings is 1. The van der Waals surface area contributed by atoms with E-state index in [1.807, 2.05) is 16.8 Å². The Morgan fingerprint density at radius 1 is 1.35 bits per heavy atom. The molecule has 0 atom stereocenters. The molecule has 1 aromatic carbocycles. The van der Waals surface area contributed by atoms with Gasteiger partial charge in [-0.05, 0) is 41.3 Å². The van der Waals surface area contributed by atoms with Crippen molar-refractivity contribution in [1.82, 2.24) is 20.2 Å². The topological polar surface area (TPSA) is 78.8 Å². The molecule has 2 rings (SSSR count). The fourth-order valence-corrected chi connectivity index (χ4v) is 2.09. The van der Waals surface area contributed by atoms with Crippen molar-refractivity contribution in [3.05, 3.63) is 18.2 Å². The van der Waals surface area contributed by atoms with Crippen molar-refractivity contribution < 1.29 is 4.74 Å². The van der Waals surface area contributed by atoms with Crippen LogP contribution in [0.2, 0.25) is 0 Å². The second-order valence-corrected chi connectivity index (χ2v) is 5.22. The smallest absolute Gasteiger partial charge is 0.185 e. The van der Waals surface area contributed by atoms with Gasteiger partial charge in [0.2, 0.25) is 0 Å². The highest BCUT2D eigenvalue weighted by Crippen LogP contribution is 2.30. The summed E-state index contributed by atoms with van der Waals surface area (Å²) in [5.74, 6) is 2.08. The molecule has 0 aliphatic carbocycles. The second kappa shape index (κ2) is 6.36. The maximum atomic E-state index is 5.77. The summed E-state index contributed by atoms with van der Waals surface area (Å²) < 4.78 is 7.17. The maximum absolute atomic E-state index is 5.77. The van der Waals surface area contributed by atoms with Crippen molar-refractivity contribution in [2.45, 2.75) is 33.2 Å².